The van der Waals surface area contributed by atoms with Crippen molar-refractivity contribution in [1.82, 2.24) is 25.8 Å². The molecule has 0 saturated carbocycles. The van der Waals surface area contributed by atoms with Gasteiger partial charge in [-0.05, 0) is 13.0 Å². The number of carbonyl (C=O) groups excluding carboxylic acids is 1. The largest absolute Gasteiger partial charge is 0.347 e. The second-order valence-corrected chi connectivity index (χ2v) is 3.14. The fraction of sp³-hybridized carbons (Fsp3) is 0.571. The molecule has 0 unspecified atom stereocenters. The van der Waals surface area contributed by atoms with Gasteiger partial charge < -0.3 is 10.6 Å². The number of nitrogens with zero attached hydrogens (tertiary/aromatic N) is 1. The molecule has 1 fully saturated rings. The quantitative estimate of drug-likeness (QED) is 0.510. The van der Waals surface area contributed by atoms with Gasteiger partial charge in [0.1, 0.15) is 5.82 Å². The van der Waals surface area contributed by atoms with Gasteiger partial charge in [-0.15, -0.1) is 12.4 Å². The number of aromatic nitrogens is 3. The SMILES string of the molecule is Cl.O=C(NCc1n[nH]c(=O)[nH]1)[C@H]1CCN1. The fourth-order valence-electron chi connectivity index (χ4n) is 1.20. The van der Waals surface area contributed by atoms with Crippen LogP contribution in [-0.4, -0.2) is 33.7 Å². The van der Waals surface area contributed by atoms with Crippen LogP contribution >= 0.6 is 12.4 Å². The zero-order valence-electron chi connectivity index (χ0n) is 7.87. The van der Waals surface area contributed by atoms with Crippen molar-refractivity contribution in [3.05, 3.63) is 16.3 Å². The minimum atomic E-state index is -0.365. The Labute approximate surface area is 91.4 Å². The van der Waals surface area contributed by atoms with Crippen LogP contribution in [0.25, 0.3) is 0 Å². The summed E-state index contributed by atoms with van der Waals surface area (Å²) < 4.78 is 0. The van der Waals surface area contributed by atoms with Crippen molar-refractivity contribution in [2.75, 3.05) is 6.54 Å². The van der Waals surface area contributed by atoms with Crippen LogP contribution in [0, 0.1) is 0 Å². The molecule has 15 heavy (non-hydrogen) atoms. The Balaban J connectivity index is 0.00000112. The molecule has 2 heterocycles. The Morgan fingerprint density at radius 1 is 1.60 bits per heavy atom. The molecule has 4 N–H and O–H groups in total. The maximum Gasteiger partial charge on any atom is 0.340 e. The molecule has 1 aromatic heterocycles. The van der Waals surface area contributed by atoms with Gasteiger partial charge in [0.2, 0.25) is 5.91 Å². The van der Waals surface area contributed by atoms with Crippen molar-refractivity contribution in [3.8, 4) is 0 Å². The summed E-state index contributed by atoms with van der Waals surface area (Å²) in [6.07, 6.45) is 0.864. The van der Waals surface area contributed by atoms with E-state index in [2.05, 4.69) is 25.8 Å². The number of carbonyl (C=O) groups is 1. The van der Waals surface area contributed by atoms with Gasteiger partial charge in [-0.3, -0.25) is 9.78 Å². The first kappa shape index (κ1) is 11.7. The molecular formula is C7H12ClN5O2. The minimum Gasteiger partial charge on any atom is -0.347 e. The van der Waals surface area contributed by atoms with Crippen molar-refractivity contribution in [3.63, 3.8) is 0 Å². The summed E-state index contributed by atoms with van der Waals surface area (Å²) in [5, 5.41) is 11.5. The molecular weight excluding hydrogens is 222 g/mol. The molecule has 1 aliphatic heterocycles. The lowest BCUT2D eigenvalue weighted by molar-refractivity contribution is -0.124. The molecule has 1 aromatic rings. The molecule has 1 aliphatic rings. The van der Waals surface area contributed by atoms with Gasteiger partial charge in [0.05, 0.1) is 12.6 Å². The van der Waals surface area contributed by atoms with Crippen molar-refractivity contribution in [1.29, 1.82) is 0 Å². The van der Waals surface area contributed by atoms with E-state index in [-0.39, 0.29) is 36.6 Å². The zero-order valence-corrected chi connectivity index (χ0v) is 8.69. The van der Waals surface area contributed by atoms with Crippen LogP contribution in [0.5, 0.6) is 0 Å². The van der Waals surface area contributed by atoms with Gasteiger partial charge in [-0.2, -0.15) is 5.10 Å². The number of amides is 1. The predicted molar refractivity (Wildman–Crippen MR) is 54.7 cm³/mol. The molecule has 7 nitrogen and oxygen atoms in total. The molecule has 84 valence electrons. The Kier molecular flexibility index (Phi) is 3.87. The van der Waals surface area contributed by atoms with Gasteiger partial charge >= 0.3 is 5.69 Å². The molecule has 2 rings (SSSR count). The third-order valence-corrected chi connectivity index (χ3v) is 2.12. The van der Waals surface area contributed by atoms with E-state index in [1.54, 1.807) is 0 Å². The first-order chi connectivity index (χ1) is 6.75. The van der Waals surface area contributed by atoms with Crippen LogP contribution in [0.2, 0.25) is 0 Å². The van der Waals surface area contributed by atoms with Crippen LogP contribution in [0.1, 0.15) is 12.2 Å². The first-order valence-electron chi connectivity index (χ1n) is 4.40. The summed E-state index contributed by atoms with van der Waals surface area (Å²) >= 11 is 0. The Morgan fingerprint density at radius 2 is 2.33 bits per heavy atom. The molecule has 0 spiro atoms. The topological polar surface area (TPSA) is 103 Å². The average Bonchev–Trinajstić information content (AvgIpc) is 2.45. The lowest BCUT2D eigenvalue weighted by atomic mass is 10.1. The van der Waals surface area contributed by atoms with Gasteiger partial charge in [-0.1, -0.05) is 0 Å². The van der Waals surface area contributed by atoms with E-state index in [0.717, 1.165) is 13.0 Å². The number of rotatable bonds is 3. The van der Waals surface area contributed by atoms with Gasteiger partial charge in [0.15, 0.2) is 0 Å². The summed E-state index contributed by atoms with van der Waals surface area (Å²) in [5.74, 6) is 0.378. The summed E-state index contributed by atoms with van der Waals surface area (Å²) in [5.41, 5.74) is -0.365. The number of hydrogen-bond donors (Lipinski definition) is 4. The van der Waals surface area contributed by atoms with E-state index in [1.165, 1.54) is 0 Å². The standard InChI is InChI=1S/C7H11N5O2.ClH/c13-6(4-1-2-8-4)9-3-5-10-7(14)12-11-5;/h4,8H,1-3H2,(H,9,13)(H2,10,11,12,14);1H/t4-;/m1./s1. The molecule has 0 aromatic carbocycles. The predicted octanol–water partition coefficient (Wildman–Crippen LogP) is -1.50. The molecule has 1 saturated heterocycles. The average molecular weight is 234 g/mol. The van der Waals surface area contributed by atoms with E-state index >= 15 is 0 Å². The summed E-state index contributed by atoms with van der Waals surface area (Å²) in [7, 11) is 0. The molecule has 0 aliphatic carbocycles. The van der Waals surface area contributed by atoms with E-state index in [1.807, 2.05) is 0 Å². The number of H-pyrrole nitrogens is 2. The third kappa shape index (κ3) is 2.80. The van der Waals surface area contributed by atoms with Crippen molar-refractivity contribution >= 4 is 18.3 Å². The van der Waals surface area contributed by atoms with Crippen molar-refractivity contribution in [2.24, 2.45) is 0 Å². The third-order valence-electron chi connectivity index (χ3n) is 2.12. The highest BCUT2D eigenvalue weighted by Crippen LogP contribution is 2.01. The van der Waals surface area contributed by atoms with Gasteiger partial charge in [0.25, 0.3) is 0 Å². The van der Waals surface area contributed by atoms with Crippen LogP contribution in [0.3, 0.4) is 0 Å². The first-order valence-corrected chi connectivity index (χ1v) is 4.40. The lowest BCUT2D eigenvalue weighted by Crippen LogP contribution is -2.53. The maximum atomic E-state index is 11.3. The number of halogens is 1. The van der Waals surface area contributed by atoms with E-state index < -0.39 is 0 Å². The minimum absolute atomic E-state index is 0. The fourth-order valence-corrected chi connectivity index (χ4v) is 1.20. The van der Waals surface area contributed by atoms with Crippen LogP contribution in [-0.2, 0) is 11.3 Å². The second kappa shape index (κ2) is 4.94. The van der Waals surface area contributed by atoms with Crippen molar-refractivity contribution in [2.45, 2.75) is 19.0 Å². The van der Waals surface area contributed by atoms with Crippen LogP contribution in [0.15, 0.2) is 4.79 Å². The van der Waals surface area contributed by atoms with E-state index in [9.17, 15) is 9.59 Å². The van der Waals surface area contributed by atoms with Crippen molar-refractivity contribution < 1.29 is 4.79 Å². The summed E-state index contributed by atoms with van der Waals surface area (Å²) in [6.45, 7) is 1.13. The Bertz CT molecular complexity index is 383. The molecule has 0 radical (unpaired) electrons. The number of aromatic amines is 2. The van der Waals surface area contributed by atoms with Gasteiger partial charge in [-0.25, -0.2) is 9.89 Å². The maximum absolute atomic E-state index is 11.3. The molecule has 8 heteroatoms. The molecule has 1 amide bonds. The highest BCUT2D eigenvalue weighted by molar-refractivity contribution is 5.85. The smallest absolute Gasteiger partial charge is 0.340 e. The second-order valence-electron chi connectivity index (χ2n) is 3.14. The monoisotopic (exact) mass is 233 g/mol. The Hall–Kier alpha value is -1.34. The Morgan fingerprint density at radius 3 is 2.80 bits per heavy atom. The van der Waals surface area contributed by atoms with Crippen LogP contribution in [0.4, 0.5) is 0 Å². The van der Waals surface area contributed by atoms with E-state index in [4.69, 9.17) is 0 Å². The van der Waals surface area contributed by atoms with Crippen LogP contribution < -0.4 is 16.3 Å². The zero-order chi connectivity index (χ0) is 9.97. The normalized spacial score (nSPS) is 18.8. The highest BCUT2D eigenvalue weighted by Gasteiger charge is 2.23. The summed E-state index contributed by atoms with van der Waals surface area (Å²) in [6, 6.07) is -0.0827. The number of nitrogens with one attached hydrogen (secondary N) is 4. The van der Waals surface area contributed by atoms with Gasteiger partial charge in [0, 0.05) is 0 Å². The lowest BCUT2D eigenvalue weighted by Gasteiger charge is -2.25. The van der Waals surface area contributed by atoms with E-state index in [0.29, 0.717) is 5.82 Å². The number of hydrogen-bond acceptors (Lipinski definition) is 4. The molecule has 1 atom stereocenters. The highest BCUT2D eigenvalue weighted by atomic mass is 35.5. The molecule has 0 bridgehead atoms. The summed E-state index contributed by atoms with van der Waals surface area (Å²) in [4.78, 5) is 24.4.